The van der Waals surface area contributed by atoms with Crippen LogP contribution in [0.5, 0.6) is 0 Å². The molecule has 4 heteroatoms. The molecular weight excluding hydrogens is 160 g/mol. The van der Waals surface area contributed by atoms with Crippen LogP contribution in [-0.4, -0.2) is 28.8 Å². The van der Waals surface area contributed by atoms with Gasteiger partial charge in [-0.1, -0.05) is 6.92 Å². The van der Waals surface area contributed by atoms with Gasteiger partial charge in [0.15, 0.2) is 0 Å². The molecule has 0 aromatic rings. The van der Waals surface area contributed by atoms with Crippen molar-refractivity contribution in [2.45, 2.75) is 13.3 Å². The summed E-state index contributed by atoms with van der Waals surface area (Å²) in [6.07, 6.45) is 3.79. The molecule has 0 spiro atoms. The van der Waals surface area contributed by atoms with E-state index in [0.29, 0.717) is 0 Å². The highest BCUT2D eigenvalue weighted by Crippen LogP contribution is 2.16. The molecule has 1 aliphatic rings. The number of hydrogen-bond acceptors (Lipinski definition) is 3. The molecule has 1 heterocycles. The van der Waals surface area contributed by atoms with Gasteiger partial charge in [0.05, 0.1) is 5.88 Å². The fraction of sp³-hybridized carbons (Fsp3) is 0.571. The third-order valence-corrected chi connectivity index (χ3v) is 2.17. The van der Waals surface area contributed by atoms with Crippen molar-refractivity contribution in [2.24, 2.45) is 0 Å². The van der Waals surface area contributed by atoms with E-state index in [1.54, 1.807) is 16.8 Å². The molecule has 3 nitrogen and oxygen atoms in total. The predicted octanol–water partition coefficient (Wildman–Crippen LogP) is 1.25. The highest BCUT2D eigenvalue weighted by atomic mass is 32.2. The van der Waals surface area contributed by atoms with E-state index in [-0.39, 0.29) is 0 Å². The van der Waals surface area contributed by atoms with Crippen LogP contribution in [0.4, 0.5) is 0 Å². The highest BCUT2D eigenvalue weighted by molar-refractivity contribution is 8.02. The number of hydrazine groups is 1. The van der Waals surface area contributed by atoms with E-state index in [1.807, 2.05) is 16.6 Å². The van der Waals surface area contributed by atoms with Crippen molar-refractivity contribution < 1.29 is 4.79 Å². The summed E-state index contributed by atoms with van der Waals surface area (Å²) < 4.78 is 0. The highest BCUT2D eigenvalue weighted by Gasteiger charge is 2.10. The van der Waals surface area contributed by atoms with Crippen LogP contribution in [-0.2, 0) is 4.79 Å². The molecule has 1 amide bonds. The van der Waals surface area contributed by atoms with Gasteiger partial charge in [0.1, 0.15) is 0 Å². The van der Waals surface area contributed by atoms with Crippen molar-refractivity contribution >= 4 is 18.2 Å². The van der Waals surface area contributed by atoms with E-state index in [2.05, 4.69) is 6.92 Å². The lowest BCUT2D eigenvalue weighted by molar-refractivity contribution is -0.128. The van der Waals surface area contributed by atoms with Crippen LogP contribution in [0.2, 0.25) is 0 Å². The molecule has 0 unspecified atom stereocenters. The van der Waals surface area contributed by atoms with Gasteiger partial charge in [-0.05, 0) is 11.8 Å². The molecule has 0 saturated carbocycles. The van der Waals surface area contributed by atoms with Crippen LogP contribution in [0.1, 0.15) is 13.3 Å². The van der Waals surface area contributed by atoms with Gasteiger partial charge >= 0.3 is 0 Å². The van der Waals surface area contributed by atoms with Crippen LogP contribution in [0.15, 0.2) is 11.6 Å². The summed E-state index contributed by atoms with van der Waals surface area (Å²) in [5.74, 6) is 0.860. The van der Waals surface area contributed by atoms with Crippen molar-refractivity contribution in [2.75, 3.05) is 12.4 Å². The van der Waals surface area contributed by atoms with E-state index in [0.717, 1.165) is 25.3 Å². The maximum Gasteiger partial charge on any atom is 0.228 e. The van der Waals surface area contributed by atoms with Crippen molar-refractivity contribution in [1.29, 1.82) is 0 Å². The minimum Gasteiger partial charge on any atom is -0.280 e. The Bertz CT molecular complexity index is 161. The smallest absolute Gasteiger partial charge is 0.228 e. The lowest BCUT2D eigenvalue weighted by atomic mass is 10.5. The normalized spacial score (nSPS) is 15.5. The largest absolute Gasteiger partial charge is 0.280 e. The molecule has 0 N–H and O–H groups in total. The summed E-state index contributed by atoms with van der Waals surface area (Å²) >= 11 is 1.70. The molecule has 1 aliphatic heterocycles. The molecule has 0 aliphatic carbocycles. The van der Waals surface area contributed by atoms with E-state index >= 15 is 0 Å². The van der Waals surface area contributed by atoms with E-state index < -0.39 is 0 Å². The molecular formula is C7H12N2OS. The van der Waals surface area contributed by atoms with Gasteiger partial charge in [-0.15, -0.1) is 11.8 Å². The molecule has 0 saturated heterocycles. The molecule has 0 bridgehead atoms. The van der Waals surface area contributed by atoms with Crippen LogP contribution in [0, 0.1) is 0 Å². The Hall–Kier alpha value is -0.640. The molecule has 11 heavy (non-hydrogen) atoms. The molecule has 0 radical (unpaired) electrons. The average molecular weight is 172 g/mol. The van der Waals surface area contributed by atoms with Crippen LogP contribution < -0.4 is 0 Å². The number of carbonyl (C=O) groups excluding carboxylic acids is 1. The number of hydrogen-bond donors (Lipinski definition) is 0. The Labute approximate surface area is 71.0 Å². The topological polar surface area (TPSA) is 23.6 Å². The van der Waals surface area contributed by atoms with Gasteiger partial charge in [-0.25, -0.2) is 0 Å². The first kappa shape index (κ1) is 8.46. The van der Waals surface area contributed by atoms with E-state index in [1.165, 1.54) is 0 Å². The first-order chi connectivity index (χ1) is 5.38. The Morgan fingerprint density at radius 2 is 2.64 bits per heavy atom. The molecule has 1 rings (SSSR count). The maximum atomic E-state index is 10.5. The van der Waals surface area contributed by atoms with Crippen molar-refractivity contribution in [3.8, 4) is 0 Å². The zero-order chi connectivity index (χ0) is 8.10. The van der Waals surface area contributed by atoms with Gasteiger partial charge in [-0.2, -0.15) is 0 Å². The fourth-order valence-corrected chi connectivity index (χ4v) is 1.61. The fourth-order valence-electron chi connectivity index (χ4n) is 0.906. The van der Waals surface area contributed by atoms with Crippen LogP contribution >= 0.6 is 11.8 Å². The minimum absolute atomic E-state index is 0.800. The first-order valence-electron chi connectivity index (χ1n) is 3.65. The second kappa shape index (κ2) is 4.28. The summed E-state index contributed by atoms with van der Waals surface area (Å²) in [4.78, 5) is 10.5. The zero-order valence-electron chi connectivity index (χ0n) is 6.56. The Balaban J connectivity index is 2.40. The second-order valence-electron chi connectivity index (χ2n) is 2.29. The summed E-state index contributed by atoms with van der Waals surface area (Å²) in [5, 5.41) is 5.60. The molecule has 62 valence electrons. The van der Waals surface area contributed by atoms with Gasteiger partial charge in [0.2, 0.25) is 6.41 Å². The van der Waals surface area contributed by atoms with Crippen molar-refractivity contribution in [1.82, 2.24) is 10.0 Å². The minimum atomic E-state index is 0.800. The van der Waals surface area contributed by atoms with Gasteiger partial charge in [-0.3, -0.25) is 14.8 Å². The third kappa shape index (κ3) is 2.15. The summed E-state index contributed by atoms with van der Waals surface area (Å²) in [6, 6.07) is 0. The SMILES string of the molecule is CCCN(C=O)N1C=CSC1. The van der Waals surface area contributed by atoms with Crippen LogP contribution in [0.25, 0.3) is 0 Å². The Morgan fingerprint density at radius 1 is 1.82 bits per heavy atom. The number of carbonyl (C=O) groups is 1. The summed E-state index contributed by atoms with van der Waals surface area (Å²) in [7, 11) is 0. The number of amides is 1. The van der Waals surface area contributed by atoms with E-state index in [9.17, 15) is 4.79 Å². The second-order valence-corrected chi connectivity index (χ2v) is 3.15. The Morgan fingerprint density at radius 3 is 3.09 bits per heavy atom. The first-order valence-corrected chi connectivity index (χ1v) is 4.70. The Kier molecular flexibility index (Phi) is 3.29. The van der Waals surface area contributed by atoms with Gasteiger partial charge in [0.25, 0.3) is 0 Å². The number of rotatable bonds is 4. The van der Waals surface area contributed by atoms with Crippen molar-refractivity contribution in [3.05, 3.63) is 11.6 Å². The van der Waals surface area contributed by atoms with Gasteiger partial charge in [0, 0.05) is 12.7 Å². The molecule has 0 atom stereocenters. The average Bonchev–Trinajstić information content (AvgIpc) is 2.52. The van der Waals surface area contributed by atoms with Crippen molar-refractivity contribution in [3.63, 3.8) is 0 Å². The molecule has 0 aromatic carbocycles. The number of thioether (sulfide) groups is 1. The summed E-state index contributed by atoms with van der Waals surface area (Å²) in [6.45, 7) is 2.86. The third-order valence-electron chi connectivity index (χ3n) is 1.44. The van der Waals surface area contributed by atoms with Gasteiger partial charge < -0.3 is 0 Å². The number of nitrogens with zero attached hydrogens (tertiary/aromatic N) is 2. The van der Waals surface area contributed by atoms with Crippen LogP contribution in [0.3, 0.4) is 0 Å². The molecule has 0 aromatic heterocycles. The lowest BCUT2D eigenvalue weighted by Crippen LogP contribution is -2.36. The summed E-state index contributed by atoms with van der Waals surface area (Å²) in [5.41, 5.74) is 0. The zero-order valence-corrected chi connectivity index (χ0v) is 7.38. The lowest BCUT2D eigenvalue weighted by Gasteiger charge is -2.26. The quantitative estimate of drug-likeness (QED) is 0.596. The standard InChI is InChI=1S/C7H12N2OS/c1-2-3-8(6-10)9-4-5-11-7-9/h4-6H,2-3,7H2,1H3. The molecule has 0 fully saturated rings. The maximum absolute atomic E-state index is 10.5. The predicted molar refractivity (Wildman–Crippen MR) is 46.5 cm³/mol. The van der Waals surface area contributed by atoms with E-state index in [4.69, 9.17) is 0 Å². The monoisotopic (exact) mass is 172 g/mol.